The molecule has 1 aromatic heterocycles. The van der Waals surface area contributed by atoms with E-state index in [0.717, 1.165) is 22.1 Å². The molecule has 1 heterocycles. The van der Waals surface area contributed by atoms with E-state index in [4.69, 9.17) is 15.0 Å². The maximum Gasteiger partial charge on any atom is 0.164 e. The molecule has 0 saturated heterocycles. The molecular formula is C41H27N3. The van der Waals surface area contributed by atoms with Gasteiger partial charge in [-0.3, -0.25) is 0 Å². The van der Waals surface area contributed by atoms with Crippen molar-refractivity contribution in [1.82, 2.24) is 15.0 Å². The van der Waals surface area contributed by atoms with Crippen molar-refractivity contribution in [2.24, 2.45) is 0 Å². The predicted molar refractivity (Wildman–Crippen MR) is 182 cm³/mol. The van der Waals surface area contributed by atoms with Gasteiger partial charge in [0, 0.05) is 16.7 Å². The predicted octanol–water partition coefficient (Wildman–Crippen LogP) is 10.5. The van der Waals surface area contributed by atoms with Crippen molar-refractivity contribution in [3.63, 3.8) is 0 Å². The summed E-state index contributed by atoms with van der Waals surface area (Å²) in [5.74, 6) is 1.99. The lowest BCUT2D eigenvalue weighted by atomic mass is 9.96. The lowest BCUT2D eigenvalue weighted by molar-refractivity contribution is 1.07. The Balaban J connectivity index is 1.16. The van der Waals surface area contributed by atoms with Crippen LogP contribution in [0.3, 0.4) is 0 Å². The van der Waals surface area contributed by atoms with Crippen LogP contribution in [0, 0.1) is 0 Å². The zero-order valence-corrected chi connectivity index (χ0v) is 23.9. The molecule has 44 heavy (non-hydrogen) atoms. The summed E-state index contributed by atoms with van der Waals surface area (Å²) in [4.78, 5) is 14.6. The molecule has 0 bridgehead atoms. The molecule has 0 amide bonds. The van der Waals surface area contributed by atoms with E-state index in [1.165, 1.54) is 38.4 Å². The molecule has 0 aliphatic rings. The molecule has 3 nitrogen and oxygen atoms in total. The quantitative estimate of drug-likeness (QED) is 0.210. The second kappa shape index (κ2) is 11.0. The van der Waals surface area contributed by atoms with Gasteiger partial charge in [0.1, 0.15) is 0 Å². The van der Waals surface area contributed by atoms with Gasteiger partial charge in [0.15, 0.2) is 17.5 Å². The smallest absolute Gasteiger partial charge is 0.164 e. The highest BCUT2D eigenvalue weighted by molar-refractivity contribution is 5.92. The van der Waals surface area contributed by atoms with Crippen LogP contribution in [-0.2, 0) is 0 Å². The highest BCUT2D eigenvalue weighted by atomic mass is 15.0. The number of fused-ring (bicyclic) bond motifs is 2. The molecule has 0 spiro atoms. The summed E-state index contributed by atoms with van der Waals surface area (Å²) in [7, 11) is 0. The fraction of sp³-hybridized carbons (Fsp3) is 0. The van der Waals surface area contributed by atoms with Crippen molar-refractivity contribution in [3.8, 4) is 56.4 Å². The number of hydrogen-bond donors (Lipinski definition) is 0. The molecule has 0 fully saturated rings. The normalized spacial score (nSPS) is 11.2. The third-order valence-corrected chi connectivity index (χ3v) is 8.08. The third kappa shape index (κ3) is 5.01. The van der Waals surface area contributed by atoms with E-state index < -0.39 is 0 Å². The Morgan fingerprint density at radius 2 is 0.591 bits per heavy atom. The van der Waals surface area contributed by atoms with E-state index in [1.807, 2.05) is 60.7 Å². The van der Waals surface area contributed by atoms with Gasteiger partial charge in [0.25, 0.3) is 0 Å². The lowest BCUT2D eigenvalue weighted by Crippen LogP contribution is -2.00. The van der Waals surface area contributed by atoms with Crippen LogP contribution in [0.15, 0.2) is 164 Å². The molecular weight excluding hydrogens is 534 g/mol. The molecule has 0 aliphatic heterocycles. The van der Waals surface area contributed by atoms with Crippen LogP contribution in [0.25, 0.3) is 78.0 Å². The zero-order chi connectivity index (χ0) is 29.3. The first-order valence-electron chi connectivity index (χ1n) is 14.8. The van der Waals surface area contributed by atoms with Crippen molar-refractivity contribution >= 4 is 21.5 Å². The van der Waals surface area contributed by atoms with E-state index >= 15 is 0 Å². The number of hydrogen-bond acceptors (Lipinski definition) is 3. The SMILES string of the molecule is c1ccc(-c2nc(-c3ccccc3)nc(-c3ccc4cc(-c5cccc(-c6ccc7ccccc7c6)c5)ccc4c3)n2)cc1. The Labute approximate surface area is 256 Å². The van der Waals surface area contributed by atoms with Crippen molar-refractivity contribution in [3.05, 3.63) is 164 Å². The Morgan fingerprint density at radius 1 is 0.227 bits per heavy atom. The molecule has 3 heteroatoms. The Morgan fingerprint density at radius 3 is 1.16 bits per heavy atom. The molecule has 0 N–H and O–H groups in total. The first-order valence-corrected chi connectivity index (χ1v) is 14.8. The standard InChI is InChI=1S/C41H27N3/c1-3-11-29(12-4-1)39-42-40(30-13-5-2-6-14-30)44-41(43-39)38-23-22-36-26-35(20-21-37(36)27-38)33-17-9-16-32(25-33)34-19-18-28-10-7-8-15-31(28)24-34/h1-27H. The molecule has 0 saturated carbocycles. The summed E-state index contributed by atoms with van der Waals surface area (Å²) >= 11 is 0. The highest BCUT2D eigenvalue weighted by Crippen LogP contribution is 2.32. The van der Waals surface area contributed by atoms with Crippen LogP contribution >= 0.6 is 0 Å². The van der Waals surface area contributed by atoms with Gasteiger partial charge in [-0.05, 0) is 68.1 Å². The van der Waals surface area contributed by atoms with Crippen LogP contribution in [0.4, 0.5) is 0 Å². The maximum absolute atomic E-state index is 4.91. The van der Waals surface area contributed by atoms with E-state index in [0.29, 0.717) is 17.5 Å². The van der Waals surface area contributed by atoms with Gasteiger partial charge in [0.2, 0.25) is 0 Å². The van der Waals surface area contributed by atoms with E-state index in [2.05, 4.69) is 103 Å². The van der Waals surface area contributed by atoms with Gasteiger partial charge in [-0.2, -0.15) is 0 Å². The van der Waals surface area contributed by atoms with Gasteiger partial charge < -0.3 is 0 Å². The van der Waals surface area contributed by atoms with Crippen LogP contribution in [0.5, 0.6) is 0 Å². The minimum Gasteiger partial charge on any atom is -0.208 e. The van der Waals surface area contributed by atoms with Crippen molar-refractivity contribution in [2.45, 2.75) is 0 Å². The second-order valence-corrected chi connectivity index (χ2v) is 11.0. The summed E-state index contributed by atoms with van der Waals surface area (Å²) in [6, 6.07) is 57.2. The van der Waals surface area contributed by atoms with Gasteiger partial charge in [-0.1, -0.05) is 140 Å². The zero-order valence-electron chi connectivity index (χ0n) is 23.9. The molecule has 8 aromatic rings. The van der Waals surface area contributed by atoms with Crippen molar-refractivity contribution in [1.29, 1.82) is 0 Å². The summed E-state index contributed by atoms with van der Waals surface area (Å²) in [6.45, 7) is 0. The van der Waals surface area contributed by atoms with Gasteiger partial charge in [-0.15, -0.1) is 0 Å². The number of benzene rings is 7. The fourth-order valence-corrected chi connectivity index (χ4v) is 5.75. The summed E-state index contributed by atoms with van der Waals surface area (Å²) in [5, 5.41) is 4.82. The summed E-state index contributed by atoms with van der Waals surface area (Å²) in [5.41, 5.74) is 7.69. The first-order chi connectivity index (χ1) is 21.8. The molecule has 206 valence electrons. The minimum atomic E-state index is 0.659. The molecule has 7 aromatic carbocycles. The average Bonchev–Trinajstić information content (AvgIpc) is 3.11. The Bertz CT molecular complexity index is 2220. The van der Waals surface area contributed by atoms with E-state index in [9.17, 15) is 0 Å². The van der Waals surface area contributed by atoms with Crippen LogP contribution < -0.4 is 0 Å². The third-order valence-electron chi connectivity index (χ3n) is 8.08. The fourth-order valence-electron chi connectivity index (χ4n) is 5.75. The molecule has 0 aliphatic carbocycles. The summed E-state index contributed by atoms with van der Waals surface area (Å²) in [6.07, 6.45) is 0. The molecule has 0 atom stereocenters. The Kier molecular flexibility index (Phi) is 6.47. The topological polar surface area (TPSA) is 38.7 Å². The number of aromatic nitrogens is 3. The van der Waals surface area contributed by atoms with Gasteiger partial charge in [-0.25, -0.2) is 15.0 Å². The van der Waals surface area contributed by atoms with E-state index in [1.54, 1.807) is 0 Å². The number of nitrogens with zero attached hydrogens (tertiary/aromatic N) is 3. The molecule has 8 rings (SSSR count). The van der Waals surface area contributed by atoms with Crippen molar-refractivity contribution in [2.75, 3.05) is 0 Å². The number of rotatable bonds is 5. The lowest BCUT2D eigenvalue weighted by Gasteiger charge is -2.10. The van der Waals surface area contributed by atoms with Gasteiger partial charge >= 0.3 is 0 Å². The van der Waals surface area contributed by atoms with Gasteiger partial charge in [0.05, 0.1) is 0 Å². The minimum absolute atomic E-state index is 0.659. The molecule has 0 radical (unpaired) electrons. The molecule has 0 unspecified atom stereocenters. The van der Waals surface area contributed by atoms with Crippen LogP contribution in [-0.4, -0.2) is 15.0 Å². The highest BCUT2D eigenvalue weighted by Gasteiger charge is 2.13. The van der Waals surface area contributed by atoms with E-state index in [-0.39, 0.29) is 0 Å². The summed E-state index contributed by atoms with van der Waals surface area (Å²) < 4.78 is 0. The second-order valence-electron chi connectivity index (χ2n) is 11.0. The van der Waals surface area contributed by atoms with Crippen molar-refractivity contribution < 1.29 is 0 Å². The first kappa shape index (κ1) is 25.8. The monoisotopic (exact) mass is 561 g/mol. The largest absolute Gasteiger partial charge is 0.208 e. The average molecular weight is 562 g/mol. The maximum atomic E-state index is 4.91. The van der Waals surface area contributed by atoms with Crippen LogP contribution in [0.1, 0.15) is 0 Å². The Hall–Kier alpha value is -5.93. The van der Waals surface area contributed by atoms with Crippen LogP contribution in [0.2, 0.25) is 0 Å².